The van der Waals surface area contributed by atoms with Crippen molar-refractivity contribution in [1.82, 2.24) is 5.32 Å². The van der Waals surface area contributed by atoms with Gasteiger partial charge in [0.2, 0.25) is 5.72 Å². The van der Waals surface area contributed by atoms with Gasteiger partial charge in [-0.25, -0.2) is 9.59 Å². The van der Waals surface area contributed by atoms with E-state index in [1.54, 1.807) is 34.6 Å². The molecular formula is C12H23NO5. The maximum Gasteiger partial charge on any atom is 0.410 e. The number of amides is 1. The van der Waals surface area contributed by atoms with Crippen LogP contribution in [0.5, 0.6) is 0 Å². The van der Waals surface area contributed by atoms with Crippen LogP contribution in [0.25, 0.3) is 0 Å². The molecule has 0 aliphatic heterocycles. The number of hydrogen-bond acceptors (Lipinski definition) is 5. The molecular weight excluding hydrogens is 238 g/mol. The summed E-state index contributed by atoms with van der Waals surface area (Å²) in [6.07, 6.45) is -0.289. The second-order valence-electron chi connectivity index (χ2n) is 4.96. The van der Waals surface area contributed by atoms with E-state index >= 15 is 0 Å². The maximum atomic E-state index is 11.6. The van der Waals surface area contributed by atoms with E-state index in [-0.39, 0.29) is 13.0 Å². The zero-order valence-corrected chi connectivity index (χ0v) is 11.7. The molecule has 106 valence electrons. The third-order valence-electron chi connectivity index (χ3n) is 1.93. The van der Waals surface area contributed by atoms with E-state index in [2.05, 4.69) is 5.32 Å². The third-order valence-corrected chi connectivity index (χ3v) is 1.93. The standard InChI is InChI=1S/C12H23NO5/c1-6-8-12(16,9(14)17-7-2)13-10(15)18-11(3,4)5/h16H,6-8H2,1-5H3,(H,13,15)/t12-/m0/s1. The minimum Gasteiger partial charge on any atom is -0.462 e. The first kappa shape index (κ1) is 16.7. The van der Waals surface area contributed by atoms with Gasteiger partial charge in [0.05, 0.1) is 6.61 Å². The first-order valence-electron chi connectivity index (χ1n) is 6.05. The maximum absolute atomic E-state index is 11.6. The summed E-state index contributed by atoms with van der Waals surface area (Å²) >= 11 is 0. The van der Waals surface area contributed by atoms with E-state index in [4.69, 9.17) is 9.47 Å². The molecule has 0 aromatic rings. The molecule has 2 N–H and O–H groups in total. The molecule has 1 atom stereocenters. The molecule has 0 saturated heterocycles. The number of nitrogens with one attached hydrogen (secondary N) is 1. The molecule has 0 aromatic carbocycles. The van der Waals surface area contributed by atoms with Gasteiger partial charge >= 0.3 is 12.1 Å². The lowest BCUT2D eigenvalue weighted by Gasteiger charge is -2.28. The number of esters is 1. The van der Waals surface area contributed by atoms with Crippen molar-refractivity contribution in [3.63, 3.8) is 0 Å². The molecule has 0 rings (SSSR count). The summed E-state index contributed by atoms with van der Waals surface area (Å²) in [5, 5.41) is 12.2. The molecule has 0 heterocycles. The Balaban J connectivity index is 4.70. The van der Waals surface area contributed by atoms with Crippen LogP contribution in [0.1, 0.15) is 47.5 Å². The minimum atomic E-state index is -2.03. The molecule has 6 heteroatoms. The van der Waals surface area contributed by atoms with Gasteiger partial charge in [-0.3, -0.25) is 5.32 Å². The number of carbonyl (C=O) groups is 2. The fourth-order valence-corrected chi connectivity index (χ4v) is 1.30. The predicted octanol–water partition coefficient (Wildman–Crippen LogP) is 1.56. The van der Waals surface area contributed by atoms with Crippen LogP contribution in [0.4, 0.5) is 4.79 Å². The van der Waals surface area contributed by atoms with Crippen molar-refractivity contribution in [2.45, 2.75) is 58.8 Å². The van der Waals surface area contributed by atoms with Crippen molar-refractivity contribution in [2.24, 2.45) is 0 Å². The smallest absolute Gasteiger partial charge is 0.410 e. The van der Waals surface area contributed by atoms with Crippen LogP contribution in [0.2, 0.25) is 0 Å². The van der Waals surface area contributed by atoms with E-state index in [1.165, 1.54) is 0 Å². The minimum absolute atomic E-state index is 0.0606. The van der Waals surface area contributed by atoms with Crippen LogP contribution in [0.15, 0.2) is 0 Å². The lowest BCUT2D eigenvalue weighted by Crippen LogP contribution is -2.56. The van der Waals surface area contributed by atoms with E-state index in [0.29, 0.717) is 6.42 Å². The van der Waals surface area contributed by atoms with Gasteiger partial charge in [-0.2, -0.15) is 0 Å². The summed E-state index contributed by atoms with van der Waals surface area (Å²) < 4.78 is 9.72. The Labute approximate surface area is 108 Å². The molecule has 0 saturated carbocycles. The van der Waals surface area contributed by atoms with Crippen LogP contribution in [-0.2, 0) is 14.3 Å². The van der Waals surface area contributed by atoms with Crippen molar-refractivity contribution < 1.29 is 24.2 Å². The summed E-state index contributed by atoms with van der Waals surface area (Å²) in [5.74, 6) is -0.877. The van der Waals surface area contributed by atoms with Crippen LogP contribution >= 0.6 is 0 Å². The van der Waals surface area contributed by atoms with Crippen molar-refractivity contribution in [3.8, 4) is 0 Å². The fourth-order valence-electron chi connectivity index (χ4n) is 1.30. The van der Waals surface area contributed by atoms with Gasteiger partial charge in [-0.15, -0.1) is 0 Å². The van der Waals surface area contributed by atoms with Crippen LogP contribution < -0.4 is 5.32 Å². The van der Waals surface area contributed by atoms with Gasteiger partial charge in [0.1, 0.15) is 5.60 Å². The van der Waals surface area contributed by atoms with Gasteiger partial charge in [0.25, 0.3) is 0 Å². The van der Waals surface area contributed by atoms with E-state index in [9.17, 15) is 14.7 Å². The highest BCUT2D eigenvalue weighted by Gasteiger charge is 2.39. The third kappa shape index (κ3) is 5.86. The van der Waals surface area contributed by atoms with E-state index < -0.39 is 23.4 Å². The van der Waals surface area contributed by atoms with Crippen LogP contribution in [0.3, 0.4) is 0 Å². The quantitative estimate of drug-likeness (QED) is 0.579. The Hall–Kier alpha value is -1.30. The highest BCUT2D eigenvalue weighted by molar-refractivity contribution is 5.83. The first-order valence-corrected chi connectivity index (χ1v) is 6.05. The second-order valence-corrected chi connectivity index (χ2v) is 4.96. The Kier molecular flexibility index (Phi) is 6.11. The Bertz CT molecular complexity index is 297. The van der Waals surface area contributed by atoms with Crippen molar-refractivity contribution in [2.75, 3.05) is 6.61 Å². The highest BCUT2D eigenvalue weighted by Crippen LogP contribution is 2.14. The molecule has 0 bridgehead atoms. The number of alkyl carbamates (subject to hydrolysis) is 1. The lowest BCUT2D eigenvalue weighted by molar-refractivity contribution is -0.169. The average molecular weight is 261 g/mol. The van der Waals surface area contributed by atoms with Crippen molar-refractivity contribution >= 4 is 12.1 Å². The SMILES string of the molecule is CCC[C@@](O)(NC(=O)OC(C)(C)C)C(=O)OCC. The number of hydrogen-bond donors (Lipinski definition) is 2. The van der Waals surface area contributed by atoms with Crippen molar-refractivity contribution in [1.29, 1.82) is 0 Å². The topological polar surface area (TPSA) is 84.9 Å². The van der Waals surface area contributed by atoms with Gasteiger partial charge < -0.3 is 14.6 Å². The average Bonchev–Trinajstić information content (AvgIpc) is 2.14. The summed E-state index contributed by atoms with van der Waals surface area (Å²) in [6, 6.07) is 0. The molecule has 6 nitrogen and oxygen atoms in total. The zero-order chi connectivity index (χ0) is 14.4. The molecule has 1 amide bonds. The van der Waals surface area contributed by atoms with Crippen molar-refractivity contribution in [3.05, 3.63) is 0 Å². The van der Waals surface area contributed by atoms with Crippen LogP contribution in [0, 0.1) is 0 Å². The summed E-state index contributed by atoms with van der Waals surface area (Å²) in [4.78, 5) is 23.2. The van der Waals surface area contributed by atoms with E-state index in [1.807, 2.05) is 0 Å². The van der Waals surface area contributed by atoms with Crippen LogP contribution in [-0.4, -0.2) is 35.1 Å². The van der Waals surface area contributed by atoms with Gasteiger partial charge in [-0.05, 0) is 27.7 Å². The molecule has 0 aliphatic rings. The molecule has 0 radical (unpaired) electrons. The largest absolute Gasteiger partial charge is 0.462 e. The monoisotopic (exact) mass is 261 g/mol. The predicted molar refractivity (Wildman–Crippen MR) is 65.9 cm³/mol. The van der Waals surface area contributed by atoms with Gasteiger partial charge in [0, 0.05) is 6.42 Å². The first-order chi connectivity index (χ1) is 8.14. The number of aliphatic hydroxyl groups is 1. The zero-order valence-electron chi connectivity index (χ0n) is 11.7. The fraction of sp³-hybridized carbons (Fsp3) is 0.833. The molecule has 18 heavy (non-hydrogen) atoms. The van der Waals surface area contributed by atoms with E-state index in [0.717, 1.165) is 0 Å². The van der Waals surface area contributed by atoms with Gasteiger partial charge in [0.15, 0.2) is 0 Å². The number of carbonyl (C=O) groups excluding carboxylic acids is 2. The van der Waals surface area contributed by atoms with Gasteiger partial charge in [-0.1, -0.05) is 13.3 Å². The molecule has 0 fully saturated rings. The molecule has 0 spiro atoms. The number of ether oxygens (including phenoxy) is 2. The normalized spacial score (nSPS) is 14.6. The summed E-state index contributed by atoms with van der Waals surface area (Å²) in [6.45, 7) is 8.60. The Morgan fingerprint density at radius 3 is 2.17 bits per heavy atom. The summed E-state index contributed by atoms with van der Waals surface area (Å²) in [5.41, 5.74) is -2.74. The molecule has 0 unspecified atom stereocenters. The Morgan fingerprint density at radius 2 is 1.78 bits per heavy atom. The molecule has 0 aromatic heterocycles. The highest BCUT2D eigenvalue weighted by atomic mass is 16.6. The second kappa shape index (κ2) is 6.58. The number of rotatable bonds is 5. The molecule has 0 aliphatic carbocycles. The Morgan fingerprint density at radius 1 is 1.22 bits per heavy atom. The lowest BCUT2D eigenvalue weighted by atomic mass is 10.1. The summed E-state index contributed by atoms with van der Waals surface area (Å²) in [7, 11) is 0.